The normalized spacial score (nSPS) is 20.8. The van der Waals surface area contributed by atoms with Crippen molar-refractivity contribution in [3.8, 4) is 5.69 Å². The second-order valence-electron chi connectivity index (χ2n) is 6.21. The highest BCUT2D eigenvalue weighted by molar-refractivity contribution is 5.92. The zero-order valence-electron chi connectivity index (χ0n) is 13.7. The van der Waals surface area contributed by atoms with Gasteiger partial charge in [0.2, 0.25) is 0 Å². The number of aliphatic carboxylic acids is 1. The van der Waals surface area contributed by atoms with E-state index in [0.29, 0.717) is 19.4 Å². The Balaban J connectivity index is 1.80. The predicted octanol–water partition coefficient (Wildman–Crippen LogP) is 1.90. The van der Waals surface area contributed by atoms with Gasteiger partial charge in [-0.3, -0.25) is 9.59 Å². The lowest BCUT2D eigenvalue weighted by Gasteiger charge is -2.36. The number of hydrogen-bond acceptors (Lipinski definition) is 4. The fourth-order valence-electron chi connectivity index (χ4n) is 3.09. The molecule has 0 saturated carbocycles. The van der Waals surface area contributed by atoms with Gasteiger partial charge in [-0.1, -0.05) is 22.9 Å². The van der Waals surface area contributed by atoms with Gasteiger partial charge in [-0.15, -0.1) is 5.10 Å². The number of carbonyl (C=O) groups excluding carboxylic acids is 1. The molecule has 1 fully saturated rings. The number of rotatable bonds is 3. The number of benzene rings is 1. The largest absolute Gasteiger partial charge is 0.481 e. The lowest BCUT2D eigenvalue weighted by atomic mass is 9.90. The molecule has 2 aromatic rings. The summed E-state index contributed by atoms with van der Waals surface area (Å²) in [5.74, 6) is -1.66. The Morgan fingerprint density at radius 3 is 2.62 bits per heavy atom. The Morgan fingerprint density at radius 1 is 1.25 bits per heavy atom. The molecule has 1 aliphatic rings. The van der Waals surface area contributed by atoms with Crippen molar-refractivity contribution in [2.24, 2.45) is 5.92 Å². The van der Waals surface area contributed by atoms with Crippen LogP contribution in [-0.2, 0) is 4.79 Å². The standard InChI is InChI=1S/C17H20N4O3/c1-11-5-7-13(8-6-11)21-10-15(18-19-21)16(22)20-9-3-4-14(12(20)2)17(23)24/h5-8,10,12,14H,3-4,9H2,1-2H3,(H,23,24)/t12-,14-/m1/s1. The number of nitrogens with zero attached hydrogens (tertiary/aromatic N) is 4. The Hall–Kier alpha value is -2.70. The number of aromatic nitrogens is 3. The lowest BCUT2D eigenvalue weighted by molar-refractivity contribution is -0.144. The molecule has 0 bridgehead atoms. The van der Waals surface area contributed by atoms with Crippen LogP contribution >= 0.6 is 0 Å². The van der Waals surface area contributed by atoms with E-state index in [1.54, 1.807) is 22.7 Å². The number of piperidine rings is 1. The molecule has 3 rings (SSSR count). The van der Waals surface area contributed by atoms with E-state index < -0.39 is 11.9 Å². The molecular weight excluding hydrogens is 308 g/mol. The summed E-state index contributed by atoms with van der Waals surface area (Å²) in [6, 6.07) is 7.38. The third kappa shape index (κ3) is 3.02. The third-order valence-corrected chi connectivity index (χ3v) is 4.58. The first-order valence-corrected chi connectivity index (χ1v) is 8.00. The van der Waals surface area contributed by atoms with E-state index in [4.69, 9.17) is 0 Å². The van der Waals surface area contributed by atoms with E-state index in [1.165, 1.54) is 0 Å². The molecule has 7 nitrogen and oxygen atoms in total. The topological polar surface area (TPSA) is 88.3 Å². The molecule has 0 aliphatic carbocycles. The third-order valence-electron chi connectivity index (χ3n) is 4.58. The van der Waals surface area contributed by atoms with E-state index in [-0.39, 0.29) is 17.6 Å². The fraction of sp³-hybridized carbons (Fsp3) is 0.412. The van der Waals surface area contributed by atoms with Crippen LogP contribution in [0.25, 0.3) is 5.69 Å². The number of likely N-dealkylation sites (tertiary alicyclic amines) is 1. The highest BCUT2D eigenvalue weighted by Gasteiger charge is 2.36. The van der Waals surface area contributed by atoms with Gasteiger partial charge < -0.3 is 10.0 Å². The maximum atomic E-state index is 12.7. The maximum absolute atomic E-state index is 12.7. The monoisotopic (exact) mass is 328 g/mol. The summed E-state index contributed by atoms with van der Waals surface area (Å²) in [7, 11) is 0. The number of aryl methyl sites for hydroxylation is 1. The summed E-state index contributed by atoms with van der Waals surface area (Å²) in [6.07, 6.45) is 2.86. The minimum atomic E-state index is -0.858. The average molecular weight is 328 g/mol. The smallest absolute Gasteiger partial charge is 0.308 e. The molecule has 1 aromatic carbocycles. The van der Waals surface area contributed by atoms with Crippen LogP contribution < -0.4 is 0 Å². The molecule has 24 heavy (non-hydrogen) atoms. The van der Waals surface area contributed by atoms with Crippen LogP contribution in [0.2, 0.25) is 0 Å². The van der Waals surface area contributed by atoms with Crippen LogP contribution in [0.15, 0.2) is 30.5 Å². The second kappa shape index (κ2) is 6.43. The quantitative estimate of drug-likeness (QED) is 0.929. The van der Waals surface area contributed by atoms with Crippen LogP contribution in [0.3, 0.4) is 0 Å². The van der Waals surface area contributed by atoms with Crippen molar-refractivity contribution in [3.05, 3.63) is 41.7 Å². The van der Waals surface area contributed by atoms with Crippen molar-refractivity contribution in [1.29, 1.82) is 0 Å². The second-order valence-corrected chi connectivity index (χ2v) is 6.21. The predicted molar refractivity (Wildman–Crippen MR) is 87.0 cm³/mol. The van der Waals surface area contributed by atoms with Crippen molar-refractivity contribution >= 4 is 11.9 Å². The molecule has 1 amide bonds. The van der Waals surface area contributed by atoms with Gasteiger partial charge in [0.25, 0.3) is 5.91 Å². The number of carboxylic acids is 1. The molecular formula is C17H20N4O3. The maximum Gasteiger partial charge on any atom is 0.308 e. The van der Waals surface area contributed by atoms with E-state index in [9.17, 15) is 14.7 Å². The molecule has 0 spiro atoms. The highest BCUT2D eigenvalue weighted by Crippen LogP contribution is 2.25. The Kier molecular flexibility index (Phi) is 4.33. The lowest BCUT2D eigenvalue weighted by Crippen LogP contribution is -2.49. The Morgan fingerprint density at radius 2 is 1.96 bits per heavy atom. The first-order valence-electron chi connectivity index (χ1n) is 8.00. The van der Waals surface area contributed by atoms with Crippen LogP contribution in [0.5, 0.6) is 0 Å². The molecule has 1 saturated heterocycles. The average Bonchev–Trinajstić information content (AvgIpc) is 3.05. The van der Waals surface area contributed by atoms with Crippen LogP contribution in [0.4, 0.5) is 0 Å². The Bertz CT molecular complexity index is 753. The van der Waals surface area contributed by atoms with E-state index in [1.807, 2.05) is 31.2 Å². The summed E-state index contributed by atoms with van der Waals surface area (Å²) >= 11 is 0. The summed E-state index contributed by atoms with van der Waals surface area (Å²) in [4.78, 5) is 25.6. The van der Waals surface area contributed by atoms with E-state index in [0.717, 1.165) is 11.3 Å². The first-order chi connectivity index (χ1) is 11.5. The van der Waals surface area contributed by atoms with Crippen molar-refractivity contribution in [3.63, 3.8) is 0 Å². The van der Waals surface area contributed by atoms with Crippen LogP contribution in [-0.4, -0.2) is 49.5 Å². The molecule has 0 unspecified atom stereocenters. The van der Waals surface area contributed by atoms with Gasteiger partial charge in [-0.2, -0.15) is 0 Å². The molecule has 1 N–H and O–H groups in total. The minimum absolute atomic E-state index is 0.230. The van der Waals surface area contributed by atoms with Crippen molar-refractivity contribution in [1.82, 2.24) is 19.9 Å². The molecule has 7 heteroatoms. The van der Waals surface area contributed by atoms with Gasteiger partial charge in [-0.25, -0.2) is 4.68 Å². The number of hydrogen-bond donors (Lipinski definition) is 1. The number of carbonyl (C=O) groups is 2. The molecule has 126 valence electrons. The van der Waals surface area contributed by atoms with E-state index >= 15 is 0 Å². The van der Waals surface area contributed by atoms with Crippen molar-refractivity contribution in [2.75, 3.05) is 6.54 Å². The summed E-state index contributed by atoms with van der Waals surface area (Å²) in [5.41, 5.74) is 2.19. The fourth-order valence-corrected chi connectivity index (χ4v) is 3.09. The van der Waals surface area contributed by atoms with Gasteiger partial charge in [0.15, 0.2) is 5.69 Å². The van der Waals surface area contributed by atoms with Gasteiger partial charge in [0.1, 0.15) is 0 Å². The first kappa shape index (κ1) is 16.2. The number of amides is 1. The molecule has 2 atom stereocenters. The molecule has 2 heterocycles. The Labute approximate surface area is 139 Å². The van der Waals surface area contributed by atoms with Gasteiger partial charge in [0.05, 0.1) is 17.8 Å². The molecule has 1 aliphatic heterocycles. The molecule has 0 radical (unpaired) electrons. The van der Waals surface area contributed by atoms with Crippen molar-refractivity contribution < 1.29 is 14.7 Å². The van der Waals surface area contributed by atoms with E-state index in [2.05, 4.69) is 10.3 Å². The number of carboxylic acid groups (broad SMARTS) is 1. The minimum Gasteiger partial charge on any atom is -0.481 e. The molecule has 1 aromatic heterocycles. The zero-order valence-corrected chi connectivity index (χ0v) is 13.7. The van der Waals surface area contributed by atoms with Gasteiger partial charge >= 0.3 is 5.97 Å². The highest BCUT2D eigenvalue weighted by atomic mass is 16.4. The SMILES string of the molecule is Cc1ccc(-n2cc(C(=O)N3CCC[C@@H](C(=O)O)[C@H]3C)nn2)cc1. The van der Waals surface area contributed by atoms with Crippen LogP contribution in [0, 0.1) is 12.8 Å². The summed E-state index contributed by atoms with van der Waals surface area (Å²) in [6.45, 7) is 4.32. The summed E-state index contributed by atoms with van der Waals surface area (Å²) < 4.78 is 1.55. The zero-order chi connectivity index (χ0) is 17.3. The van der Waals surface area contributed by atoms with Crippen molar-refractivity contribution in [2.45, 2.75) is 32.7 Å². The summed E-state index contributed by atoms with van der Waals surface area (Å²) in [5, 5.41) is 17.3. The van der Waals surface area contributed by atoms with Crippen LogP contribution in [0.1, 0.15) is 35.8 Å². The van der Waals surface area contributed by atoms with Gasteiger partial charge in [0, 0.05) is 12.6 Å². The van der Waals surface area contributed by atoms with Gasteiger partial charge in [-0.05, 0) is 38.8 Å².